The van der Waals surface area contributed by atoms with Crippen molar-refractivity contribution in [2.45, 2.75) is 13.8 Å². The third-order valence-corrected chi connectivity index (χ3v) is 4.78. The molecule has 0 aliphatic carbocycles. The first kappa shape index (κ1) is 18.8. The van der Waals surface area contributed by atoms with E-state index < -0.39 is 0 Å². The number of nitrogens with zero attached hydrogens (tertiary/aromatic N) is 2. The molecule has 3 rings (SSSR count). The Kier molecular flexibility index (Phi) is 6.38. The average molecular weight is 382 g/mol. The van der Waals surface area contributed by atoms with Crippen LogP contribution in [0, 0.1) is 6.92 Å². The highest BCUT2D eigenvalue weighted by Crippen LogP contribution is 2.24. The second-order valence-electron chi connectivity index (χ2n) is 5.99. The number of benzene rings is 1. The van der Waals surface area contributed by atoms with Crippen molar-refractivity contribution in [3.05, 3.63) is 59.1 Å². The molecule has 0 fully saturated rings. The maximum Gasteiger partial charge on any atom is 0.251 e. The van der Waals surface area contributed by atoms with Crippen LogP contribution in [0.4, 0.5) is 11.8 Å². The van der Waals surface area contributed by atoms with Gasteiger partial charge in [-0.1, -0.05) is 18.2 Å². The Morgan fingerprint density at radius 3 is 2.59 bits per heavy atom. The number of nitrogens with one attached hydrogen (secondary N) is 3. The molecule has 1 aromatic carbocycles. The number of rotatable bonds is 8. The van der Waals surface area contributed by atoms with Gasteiger partial charge in [0.1, 0.15) is 5.82 Å². The molecule has 3 aromatic rings. The molecule has 0 atom stereocenters. The molecule has 0 spiro atoms. The fourth-order valence-electron chi connectivity index (χ4n) is 2.59. The molecule has 0 unspecified atom stereocenters. The van der Waals surface area contributed by atoms with Crippen LogP contribution >= 0.6 is 11.3 Å². The van der Waals surface area contributed by atoms with Gasteiger partial charge in [-0.2, -0.15) is 4.98 Å². The summed E-state index contributed by atoms with van der Waals surface area (Å²) in [4.78, 5) is 22.2. The average Bonchev–Trinajstić information content (AvgIpc) is 3.20. The Morgan fingerprint density at radius 1 is 1.07 bits per heavy atom. The normalized spacial score (nSPS) is 10.4. The van der Waals surface area contributed by atoms with Crippen molar-refractivity contribution in [3.63, 3.8) is 0 Å². The topological polar surface area (TPSA) is 78.9 Å². The monoisotopic (exact) mass is 381 g/mol. The van der Waals surface area contributed by atoms with Gasteiger partial charge in [-0.3, -0.25) is 4.79 Å². The van der Waals surface area contributed by atoms with Crippen LogP contribution in [0.3, 0.4) is 0 Å². The molecule has 0 radical (unpaired) electrons. The Bertz CT molecular complexity index is 878. The molecule has 2 heterocycles. The molecule has 0 saturated carbocycles. The number of aromatic nitrogens is 2. The Morgan fingerprint density at radius 2 is 1.89 bits per heavy atom. The quantitative estimate of drug-likeness (QED) is 0.518. The summed E-state index contributed by atoms with van der Waals surface area (Å²) in [6.45, 7) is 5.78. The smallest absolute Gasteiger partial charge is 0.251 e. The van der Waals surface area contributed by atoms with E-state index in [1.54, 1.807) is 11.3 Å². The van der Waals surface area contributed by atoms with Gasteiger partial charge >= 0.3 is 0 Å². The number of anilines is 2. The van der Waals surface area contributed by atoms with Gasteiger partial charge < -0.3 is 16.0 Å². The van der Waals surface area contributed by atoms with E-state index in [2.05, 4.69) is 32.0 Å². The third kappa shape index (κ3) is 5.27. The molecule has 0 bridgehead atoms. The van der Waals surface area contributed by atoms with E-state index in [0.717, 1.165) is 23.6 Å². The molecule has 2 aromatic heterocycles. The lowest BCUT2D eigenvalue weighted by atomic mass is 10.1. The number of hydrogen-bond acceptors (Lipinski definition) is 6. The fraction of sp³-hybridized carbons (Fsp3) is 0.250. The second-order valence-corrected chi connectivity index (χ2v) is 6.93. The van der Waals surface area contributed by atoms with E-state index in [-0.39, 0.29) is 5.91 Å². The van der Waals surface area contributed by atoms with Crippen molar-refractivity contribution in [2.75, 3.05) is 30.3 Å². The van der Waals surface area contributed by atoms with E-state index in [4.69, 9.17) is 0 Å². The van der Waals surface area contributed by atoms with Gasteiger partial charge in [0.2, 0.25) is 5.95 Å². The lowest BCUT2D eigenvalue weighted by molar-refractivity contribution is 0.0955. The molecule has 27 heavy (non-hydrogen) atoms. The van der Waals surface area contributed by atoms with Crippen molar-refractivity contribution >= 4 is 29.0 Å². The van der Waals surface area contributed by atoms with Gasteiger partial charge in [-0.05, 0) is 43.0 Å². The predicted molar refractivity (Wildman–Crippen MR) is 112 cm³/mol. The highest BCUT2D eigenvalue weighted by molar-refractivity contribution is 7.13. The predicted octanol–water partition coefficient (Wildman–Crippen LogP) is 3.79. The number of carbonyl (C=O) groups is 1. The highest BCUT2D eigenvalue weighted by atomic mass is 32.1. The zero-order valence-electron chi connectivity index (χ0n) is 15.5. The number of carbonyl (C=O) groups excluding carboxylic acids is 1. The molecule has 0 aliphatic heterocycles. The molecular formula is C20H23N5OS. The molecule has 6 nitrogen and oxygen atoms in total. The van der Waals surface area contributed by atoms with Gasteiger partial charge in [0, 0.05) is 41.8 Å². The van der Waals surface area contributed by atoms with Crippen LogP contribution in [-0.4, -0.2) is 35.5 Å². The Labute approximate surface area is 163 Å². The molecular weight excluding hydrogens is 358 g/mol. The summed E-state index contributed by atoms with van der Waals surface area (Å²) in [6, 6.07) is 13.6. The van der Waals surface area contributed by atoms with Crippen LogP contribution < -0.4 is 16.0 Å². The van der Waals surface area contributed by atoms with E-state index >= 15 is 0 Å². The van der Waals surface area contributed by atoms with Crippen LogP contribution in [0.15, 0.2) is 47.8 Å². The molecule has 0 aliphatic rings. The van der Waals surface area contributed by atoms with Crippen molar-refractivity contribution in [1.82, 2.24) is 15.3 Å². The Hall–Kier alpha value is -2.93. The van der Waals surface area contributed by atoms with Crippen molar-refractivity contribution in [1.29, 1.82) is 0 Å². The summed E-state index contributed by atoms with van der Waals surface area (Å²) in [6.07, 6.45) is 0. The summed E-state index contributed by atoms with van der Waals surface area (Å²) in [5.74, 6) is 1.27. The van der Waals surface area contributed by atoms with E-state index in [1.807, 2.05) is 55.6 Å². The van der Waals surface area contributed by atoms with Crippen LogP contribution in [0.1, 0.15) is 23.0 Å². The second kappa shape index (κ2) is 9.14. The first-order valence-corrected chi connectivity index (χ1v) is 9.79. The lowest BCUT2D eigenvalue weighted by Gasteiger charge is -2.10. The molecule has 0 saturated heterocycles. The minimum atomic E-state index is -0.0817. The largest absolute Gasteiger partial charge is 0.368 e. The van der Waals surface area contributed by atoms with Gasteiger partial charge in [0.05, 0.1) is 0 Å². The zero-order valence-corrected chi connectivity index (χ0v) is 16.3. The SMILES string of the molecule is CCNc1nc(C)cc(NCCNC(=O)c2ccc(-c3cccs3)cc2)n1. The van der Waals surface area contributed by atoms with Gasteiger partial charge in [-0.25, -0.2) is 4.98 Å². The van der Waals surface area contributed by atoms with E-state index in [1.165, 1.54) is 4.88 Å². The van der Waals surface area contributed by atoms with Crippen molar-refractivity contribution in [3.8, 4) is 10.4 Å². The maximum atomic E-state index is 12.3. The number of hydrogen-bond donors (Lipinski definition) is 3. The van der Waals surface area contributed by atoms with Crippen molar-refractivity contribution in [2.24, 2.45) is 0 Å². The number of aryl methyl sites for hydroxylation is 1. The van der Waals surface area contributed by atoms with E-state index in [0.29, 0.717) is 24.6 Å². The van der Waals surface area contributed by atoms with Crippen LogP contribution in [0.2, 0.25) is 0 Å². The zero-order chi connectivity index (χ0) is 19.1. The summed E-state index contributed by atoms with van der Waals surface area (Å²) in [5, 5.41) is 11.3. The minimum absolute atomic E-state index is 0.0817. The first-order valence-electron chi connectivity index (χ1n) is 8.91. The van der Waals surface area contributed by atoms with Crippen LogP contribution in [-0.2, 0) is 0 Å². The third-order valence-electron chi connectivity index (χ3n) is 3.86. The molecule has 140 valence electrons. The first-order chi connectivity index (χ1) is 13.2. The van der Waals surface area contributed by atoms with Gasteiger partial charge in [-0.15, -0.1) is 11.3 Å². The lowest BCUT2D eigenvalue weighted by Crippen LogP contribution is -2.28. The van der Waals surface area contributed by atoms with Gasteiger partial charge in [0.15, 0.2) is 0 Å². The summed E-state index contributed by atoms with van der Waals surface area (Å²) >= 11 is 1.69. The maximum absolute atomic E-state index is 12.3. The standard InChI is InChI=1S/C20H23N5OS/c1-3-21-20-24-14(2)13-18(25-20)22-10-11-23-19(26)16-8-6-15(7-9-16)17-5-4-12-27-17/h4-9,12-13H,3,10-11H2,1-2H3,(H,23,26)(H2,21,22,24,25). The van der Waals surface area contributed by atoms with Crippen LogP contribution in [0.5, 0.6) is 0 Å². The highest BCUT2D eigenvalue weighted by Gasteiger charge is 2.06. The molecule has 3 N–H and O–H groups in total. The number of thiophene rings is 1. The van der Waals surface area contributed by atoms with Gasteiger partial charge in [0.25, 0.3) is 5.91 Å². The molecule has 7 heteroatoms. The Balaban J connectivity index is 1.48. The fourth-order valence-corrected chi connectivity index (χ4v) is 3.33. The van der Waals surface area contributed by atoms with Crippen LogP contribution in [0.25, 0.3) is 10.4 Å². The summed E-state index contributed by atoms with van der Waals surface area (Å²) < 4.78 is 0. The van der Waals surface area contributed by atoms with E-state index in [9.17, 15) is 4.79 Å². The number of amides is 1. The summed E-state index contributed by atoms with van der Waals surface area (Å²) in [7, 11) is 0. The summed E-state index contributed by atoms with van der Waals surface area (Å²) in [5.41, 5.74) is 2.67. The minimum Gasteiger partial charge on any atom is -0.368 e. The van der Waals surface area contributed by atoms with Crippen molar-refractivity contribution < 1.29 is 4.79 Å². The molecule has 1 amide bonds.